The van der Waals surface area contributed by atoms with E-state index in [0.717, 1.165) is 52.7 Å². The largest absolute Gasteiger partial charge is 0.356 e. The number of carbonyl (C=O) groups is 3. The maximum atomic E-state index is 14.2. The lowest BCUT2D eigenvalue weighted by Crippen LogP contribution is -2.44. The number of nitrogens with one attached hydrogen (secondary N) is 2. The van der Waals surface area contributed by atoms with Crippen molar-refractivity contribution in [2.24, 2.45) is 0 Å². The molecule has 0 radical (unpaired) electrons. The molecule has 2 fully saturated rings. The van der Waals surface area contributed by atoms with Crippen LogP contribution in [0.2, 0.25) is 0 Å². The van der Waals surface area contributed by atoms with Crippen molar-refractivity contribution in [1.29, 1.82) is 0 Å². The predicted molar refractivity (Wildman–Crippen MR) is 150 cm³/mol. The number of rotatable bonds is 4. The Balaban J connectivity index is 1.30. The van der Waals surface area contributed by atoms with Crippen LogP contribution in [0.15, 0.2) is 72.8 Å². The number of amides is 4. The number of aromatic nitrogens is 1. The third kappa shape index (κ3) is 3.89. The van der Waals surface area contributed by atoms with Gasteiger partial charge in [0, 0.05) is 29.1 Å². The molecule has 3 heterocycles. The lowest BCUT2D eigenvalue weighted by molar-refractivity contribution is -0.120. The Bertz CT molecular complexity index is 1640. The van der Waals surface area contributed by atoms with Crippen molar-refractivity contribution in [1.82, 2.24) is 15.2 Å². The zero-order chi connectivity index (χ0) is 27.4. The quantitative estimate of drug-likeness (QED) is 0.321. The summed E-state index contributed by atoms with van der Waals surface area (Å²) in [4.78, 5) is 47.9. The summed E-state index contributed by atoms with van der Waals surface area (Å²) in [6.07, 6.45) is 5.52. The molecule has 1 aromatic heterocycles. The van der Waals surface area contributed by atoms with Gasteiger partial charge in [0.1, 0.15) is 17.9 Å². The molecule has 4 aromatic rings. The molecule has 1 aliphatic carbocycles. The first-order valence-corrected chi connectivity index (χ1v) is 13.9. The summed E-state index contributed by atoms with van der Waals surface area (Å²) in [5.74, 6) is -1.03. The van der Waals surface area contributed by atoms with Gasteiger partial charge in [-0.25, -0.2) is 14.1 Å². The summed E-state index contributed by atoms with van der Waals surface area (Å²) < 4.78 is 13.9. The van der Waals surface area contributed by atoms with Crippen LogP contribution in [0.4, 0.5) is 14.9 Å². The number of aromatic amines is 1. The Hall–Kier alpha value is -4.46. The Morgan fingerprint density at radius 2 is 1.62 bits per heavy atom. The van der Waals surface area contributed by atoms with Gasteiger partial charge >= 0.3 is 6.03 Å². The molecule has 8 heteroatoms. The van der Waals surface area contributed by atoms with Crippen LogP contribution in [-0.2, 0) is 11.2 Å². The van der Waals surface area contributed by atoms with Crippen LogP contribution >= 0.6 is 0 Å². The van der Waals surface area contributed by atoms with Gasteiger partial charge in [-0.3, -0.25) is 14.5 Å². The summed E-state index contributed by atoms with van der Waals surface area (Å²) in [7, 11) is 0. The zero-order valence-corrected chi connectivity index (χ0v) is 21.9. The Kier molecular flexibility index (Phi) is 5.91. The third-order valence-electron chi connectivity index (χ3n) is 8.56. The van der Waals surface area contributed by atoms with E-state index in [9.17, 15) is 18.8 Å². The highest BCUT2D eigenvalue weighted by molar-refractivity contribution is 6.24. The fourth-order valence-corrected chi connectivity index (χ4v) is 6.66. The minimum absolute atomic E-state index is 0.0896. The Morgan fingerprint density at radius 1 is 0.900 bits per heavy atom. The number of benzene rings is 3. The summed E-state index contributed by atoms with van der Waals surface area (Å²) in [5.41, 5.74) is 3.99. The van der Waals surface area contributed by atoms with Crippen molar-refractivity contribution in [3.8, 4) is 0 Å². The van der Waals surface area contributed by atoms with Crippen molar-refractivity contribution in [2.45, 2.75) is 56.7 Å². The fourth-order valence-electron chi connectivity index (χ4n) is 6.66. The van der Waals surface area contributed by atoms with Crippen molar-refractivity contribution in [2.75, 3.05) is 4.90 Å². The minimum Gasteiger partial charge on any atom is -0.356 e. The van der Waals surface area contributed by atoms with Crippen LogP contribution in [0.3, 0.4) is 0 Å². The van der Waals surface area contributed by atoms with Crippen LogP contribution in [0, 0.1) is 5.82 Å². The van der Waals surface area contributed by atoms with Gasteiger partial charge in [-0.1, -0.05) is 61.7 Å². The van der Waals surface area contributed by atoms with Crippen LogP contribution < -0.4 is 10.2 Å². The fraction of sp³-hybridized carbons (Fsp3) is 0.281. The molecule has 40 heavy (non-hydrogen) atoms. The first-order chi connectivity index (χ1) is 19.5. The average Bonchev–Trinajstić information content (AvgIpc) is 3.47. The second-order valence-corrected chi connectivity index (χ2v) is 10.9. The molecular formula is C32H29FN4O3. The minimum atomic E-state index is -0.760. The maximum Gasteiger partial charge on any atom is 0.332 e. The number of hydrogen-bond donors (Lipinski definition) is 2. The molecule has 0 spiro atoms. The topological polar surface area (TPSA) is 85.5 Å². The van der Waals surface area contributed by atoms with E-state index in [0.29, 0.717) is 17.5 Å². The second kappa shape index (κ2) is 9.62. The number of imide groups is 1. The summed E-state index contributed by atoms with van der Waals surface area (Å²) in [6, 6.07) is 18.9. The van der Waals surface area contributed by atoms with Gasteiger partial charge in [0.05, 0.1) is 11.3 Å². The maximum absolute atomic E-state index is 14.2. The molecule has 3 aromatic carbocycles. The standard InChI is InChI=1S/C32H29FN4O3/c33-20-16-14-19(15-17-20)29-28-24(22-10-4-6-12-25(22)35-28)18-27-31(39)37(32(40)36(27)29)26-13-7-5-11-23(26)30(38)34-21-8-2-1-3-9-21/h4-7,10-17,21,27,29,35H,1-3,8-9,18H2,(H,34,38)/t27-,29+/m0/s1. The van der Waals surface area contributed by atoms with E-state index in [1.165, 1.54) is 18.6 Å². The van der Waals surface area contributed by atoms with E-state index >= 15 is 0 Å². The van der Waals surface area contributed by atoms with E-state index < -0.39 is 18.1 Å². The third-order valence-corrected chi connectivity index (χ3v) is 8.56. The highest BCUT2D eigenvalue weighted by Gasteiger charge is 2.53. The zero-order valence-electron chi connectivity index (χ0n) is 21.9. The molecule has 2 N–H and O–H groups in total. The highest BCUT2D eigenvalue weighted by Crippen LogP contribution is 2.45. The van der Waals surface area contributed by atoms with Crippen LogP contribution in [0.1, 0.15) is 65.3 Å². The predicted octanol–water partition coefficient (Wildman–Crippen LogP) is 5.85. The molecule has 1 saturated carbocycles. The molecular weight excluding hydrogens is 507 g/mol. The first-order valence-electron chi connectivity index (χ1n) is 13.9. The monoisotopic (exact) mass is 536 g/mol. The smallest absolute Gasteiger partial charge is 0.332 e. The summed E-state index contributed by atoms with van der Waals surface area (Å²) in [6.45, 7) is 0. The van der Waals surface area contributed by atoms with Crippen molar-refractivity contribution < 1.29 is 18.8 Å². The number of halogens is 1. The van der Waals surface area contributed by atoms with Gasteiger partial charge in [0.25, 0.3) is 11.8 Å². The average molecular weight is 537 g/mol. The number of hydrogen-bond acceptors (Lipinski definition) is 3. The number of carbonyl (C=O) groups excluding carboxylic acids is 3. The van der Waals surface area contributed by atoms with E-state index in [-0.39, 0.29) is 29.4 Å². The van der Waals surface area contributed by atoms with Crippen LogP contribution in [0.5, 0.6) is 0 Å². The lowest BCUT2D eigenvalue weighted by atomic mass is 9.89. The van der Waals surface area contributed by atoms with Gasteiger partial charge in [0.15, 0.2) is 0 Å². The Morgan fingerprint density at radius 3 is 2.42 bits per heavy atom. The number of para-hydroxylation sites is 2. The molecule has 0 bridgehead atoms. The van der Waals surface area contributed by atoms with Gasteiger partial charge < -0.3 is 10.3 Å². The van der Waals surface area contributed by atoms with Crippen LogP contribution in [0.25, 0.3) is 10.9 Å². The number of H-pyrrole nitrogens is 1. The molecule has 2 aliphatic heterocycles. The lowest BCUT2D eigenvalue weighted by Gasteiger charge is -2.36. The molecule has 7 rings (SSSR count). The van der Waals surface area contributed by atoms with Crippen molar-refractivity contribution in [3.05, 3.63) is 101 Å². The number of anilines is 1. The number of urea groups is 1. The van der Waals surface area contributed by atoms with E-state index in [1.807, 2.05) is 24.3 Å². The van der Waals surface area contributed by atoms with E-state index in [4.69, 9.17) is 0 Å². The normalized spacial score (nSPS) is 21.0. The van der Waals surface area contributed by atoms with Gasteiger partial charge in [-0.15, -0.1) is 0 Å². The summed E-state index contributed by atoms with van der Waals surface area (Å²) >= 11 is 0. The molecule has 2 atom stereocenters. The highest BCUT2D eigenvalue weighted by atomic mass is 19.1. The SMILES string of the molecule is O=C(NC1CCCCC1)c1ccccc1N1C(=O)[C@@H]2Cc3c([nH]c4ccccc34)[C@@H](c3ccc(F)cc3)N2C1=O. The number of nitrogens with zero attached hydrogens (tertiary/aromatic N) is 2. The molecule has 4 amide bonds. The van der Waals surface area contributed by atoms with Crippen LogP contribution in [-0.4, -0.2) is 39.8 Å². The van der Waals surface area contributed by atoms with Gasteiger partial charge in [-0.2, -0.15) is 0 Å². The van der Waals surface area contributed by atoms with Gasteiger partial charge in [-0.05, 0) is 54.3 Å². The van der Waals surface area contributed by atoms with Crippen molar-refractivity contribution >= 4 is 34.4 Å². The molecule has 3 aliphatic rings. The molecule has 1 saturated heterocycles. The Labute approximate surface area is 231 Å². The molecule has 7 nitrogen and oxygen atoms in total. The van der Waals surface area contributed by atoms with E-state index in [1.54, 1.807) is 41.3 Å². The van der Waals surface area contributed by atoms with Gasteiger partial charge in [0.2, 0.25) is 0 Å². The molecule has 0 unspecified atom stereocenters. The number of fused-ring (bicyclic) bond motifs is 4. The van der Waals surface area contributed by atoms with E-state index in [2.05, 4.69) is 10.3 Å². The van der Waals surface area contributed by atoms with Crippen molar-refractivity contribution in [3.63, 3.8) is 0 Å². The summed E-state index contributed by atoms with van der Waals surface area (Å²) in [5, 5.41) is 4.11. The first kappa shape index (κ1) is 24.6. The second-order valence-electron chi connectivity index (χ2n) is 10.9. The molecule has 202 valence electrons.